The lowest BCUT2D eigenvalue weighted by Crippen LogP contribution is -2.04. The minimum atomic E-state index is -0.362. The van der Waals surface area contributed by atoms with Crippen LogP contribution >= 0.6 is 11.6 Å². The molecule has 0 amide bonds. The van der Waals surface area contributed by atoms with Crippen LogP contribution in [0.4, 0.5) is 0 Å². The fourth-order valence-corrected chi connectivity index (χ4v) is 2.95. The maximum atomic E-state index is 12.1. The van der Waals surface area contributed by atoms with E-state index in [0.717, 1.165) is 32.7 Å². The highest BCUT2D eigenvalue weighted by atomic mass is 35.5. The van der Waals surface area contributed by atoms with Crippen molar-refractivity contribution in [3.8, 4) is 11.5 Å². The molecule has 5 heteroatoms. The van der Waals surface area contributed by atoms with Crippen molar-refractivity contribution in [3.63, 3.8) is 0 Å². The van der Waals surface area contributed by atoms with E-state index in [9.17, 15) is 4.79 Å². The minimum absolute atomic E-state index is 0.329. The predicted molar refractivity (Wildman–Crippen MR) is 103 cm³/mol. The fourth-order valence-electron chi connectivity index (χ4n) is 2.84. The van der Waals surface area contributed by atoms with E-state index in [1.807, 2.05) is 39.0 Å². The van der Waals surface area contributed by atoms with Crippen LogP contribution in [0.25, 0.3) is 10.9 Å². The molecule has 0 fully saturated rings. The van der Waals surface area contributed by atoms with Crippen LogP contribution in [0.5, 0.6) is 11.5 Å². The van der Waals surface area contributed by atoms with E-state index in [1.54, 1.807) is 25.1 Å². The topological polar surface area (TPSA) is 48.4 Å². The van der Waals surface area contributed by atoms with Gasteiger partial charge in [-0.1, -0.05) is 11.6 Å². The first-order valence-electron chi connectivity index (χ1n) is 8.42. The summed E-state index contributed by atoms with van der Waals surface area (Å²) >= 11 is 6.24. The summed E-state index contributed by atoms with van der Waals surface area (Å²) < 4.78 is 11.2. The zero-order valence-electron chi connectivity index (χ0n) is 15.2. The molecule has 0 aliphatic heterocycles. The number of pyridine rings is 1. The number of esters is 1. The van der Waals surface area contributed by atoms with Gasteiger partial charge in [0.25, 0.3) is 0 Å². The highest BCUT2D eigenvalue weighted by molar-refractivity contribution is 6.32. The molecule has 2 aromatic carbocycles. The number of hydrogen-bond donors (Lipinski definition) is 0. The number of carbonyl (C=O) groups is 1. The summed E-state index contributed by atoms with van der Waals surface area (Å²) in [5, 5.41) is 1.49. The van der Waals surface area contributed by atoms with Gasteiger partial charge in [-0.05, 0) is 69.2 Å². The third-order valence-electron chi connectivity index (χ3n) is 4.05. The number of fused-ring (bicyclic) bond motifs is 1. The highest BCUT2D eigenvalue weighted by Crippen LogP contribution is 2.33. The lowest BCUT2D eigenvalue weighted by Gasteiger charge is -2.13. The van der Waals surface area contributed by atoms with Crippen molar-refractivity contribution in [2.75, 3.05) is 6.61 Å². The zero-order valence-corrected chi connectivity index (χ0v) is 16.0. The summed E-state index contributed by atoms with van der Waals surface area (Å²) in [6.45, 7) is 7.90. The van der Waals surface area contributed by atoms with E-state index in [-0.39, 0.29) is 5.97 Å². The van der Waals surface area contributed by atoms with Crippen molar-refractivity contribution in [2.45, 2.75) is 27.7 Å². The second kappa shape index (κ2) is 7.34. The number of rotatable bonds is 4. The van der Waals surface area contributed by atoms with Gasteiger partial charge in [-0.15, -0.1) is 0 Å². The molecule has 0 saturated heterocycles. The molecular formula is C21H20ClNO3. The third kappa shape index (κ3) is 3.65. The number of carbonyl (C=O) groups excluding carboxylic acids is 1. The molecule has 0 unspecified atom stereocenters. The number of halogens is 1. The van der Waals surface area contributed by atoms with Gasteiger partial charge in [0.2, 0.25) is 0 Å². The second-order valence-corrected chi connectivity index (χ2v) is 6.57. The lowest BCUT2D eigenvalue weighted by molar-refractivity contribution is 0.0526. The van der Waals surface area contributed by atoms with E-state index in [4.69, 9.17) is 21.1 Å². The Bertz CT molecular complexity index is 975. The molecule has 1 aromatic heterocycles. The Kier molecular flexibility index (Phi) is 5.14. The van der Waals surface area contributed by atoms with Gasteiger partial charge in [-0.3, -0.25) is 4.98 Å². The molecule has 0 radical (unpaired) electrons. The number of hydrogen-bond acceptors (Lipinski definition) is 4. The summed E-state index contributed by atoms with van der Waals surface area (Å²) in [6, 6.07) is 10.9. The van der Waals surface area contributed by atoms with Gasteiger partial charge in [0, 0.05) is 22.2 Å². The Hall–Kier alpha value is -2.59. The maximum Gasteiger partial charge on any atom is 0.338 e. The molecule has 0 N–H and O–H groups in total. The van der Waals surface area contributed by atoms with E-state index < -0.39 is 0 Å². The Morgan fingerprint density at radius 1 is 1.08 bits per heavy atom. The smallest absolute Gasteiger partial charge is 0.338 e. The molecule has 0 aliphatic rings. The molecule has 4 nitrogen and oxygen atoms in total. The SMILES string of the molecule is CCOC(=O)c1ccc2nc(C)cc(Oc3cc(C)c(Cl)c(C)c3)c2c1. The van der Waals surface area contributed by atoms with Crippen molar-refractivity contribution < 1.29 is 14.3 Å². The average molecular weight is 370 g/mol. The van der Waals surface area contributed by atoms with Gasteiger partial charge in [0.15, 0.2) is 0 Å². The van der Waals surface area contributed by atoms with E-state index in [2.05, 4.69) is 4.98 Å². The molecule has 134 valence electrons. The third-order valence-corrected chi connectivity index (χ3v) is 4.64. The molecule has 0 saturated carbocycles. The van der Waals surface area contributed by atoms with Crippen LogP contribution in [0.3, 0.4) is 0 Å². The number of nitrogens with zero attached hydrogens (tertiary/aromatic N) is 1. The first kappa shape index (κ1) is 18.2. The predicted octanol–water partition coefficient (Wildman–Crippen LogP) is 5.78. The van der Waals surface area contributed by atoms with E-state index >= 15 is 0 Å². The summed E-state index contributed by atoms with van der Waals surface area (Å²) in [5.74, 6) is 0.969. The van der Waals surface area contributed by atoms with Gasteiger partial charge >= 0.3 is 5.97 Å². The van der Waals surface area contributed by atoms with Crippen molar-refractivity contribution in [3.05, 3.63) is 63.8 Å². The number of aromatic nitrogens is 1. The number of benzene rings is 2. The van der Waals surface area contributed by atoms with Crippen LogP contribution in [0, 0.1) is 20.8 Å². The van der Waals surface area contributed by atoms with Crippen LogP contribution in [-0.2, 0) is 4.74 Å². The van der Waals surface area contributed by atoms with Crippen LogP contribution in [-0.4, -0.2) is 17.6 Å². The molecule has 1 heterocycles. The lowest BCUT2D eigenvalue weighted by atomic mass is 10.1. The van der Waals surface area contributed by atoms with Crippen molar-refractivity contribution in [1.82, 2.24) is 4.98 Å². The largest absolute Gasteiger partial charge is 0.462 e. The van der Waals surface area contributed by atoms with Gasteiger partial charge < -0.3 is 9.47 Å². The van der Waals surface area contributed by atoms with Crippen molar-refractivity contribution in [1.29, 1.82) is 0 Å². The monoisotopic (exact) mass is 369 g/mol. The van der Waals surface area contributed by atoms with Crippen LogP contribution in [0.15, 0.2) is 36.4 Å². The summed E-state index contributed by atoms with van der Waals surface area (Å²) in [6.07, 6.45) is 0. The molecule has 0 bridgehead atoms. The van der Waals surface area contributed by atoms with Gasteiger partial charge in [0.05, 0.1) is 17.7 Å². The average Bonchev–Trinajstić information content (AvgIpc) is 2.59. The van der Waals surface area contributed by atoms with Gasteiger partial charge in [-0.2, -0.15) is 0 Å². The Balaban J connectivity index is 2.09. The van der Waals surface area contributed by atoms with E-state index in [1.165, 1.54) is 0 Å². The fraction of sp³-hybridized carbons (Fsp3) is 0.238. The second-order valence-electron chi connectivity index (χ2n) is 6.19. The summed E-state index contributed by atoms with van der Waals surface area (Å²) in [4.78, 5) is 16.6. The van der Waals surface area contributed by atoms with E-state index in [0.29, 0.717) is 23.7 Å². The highest BCUT2D eigenvalue weighted by Gasteiger charge is 2.13. The molecule has 0 aliphatic carbocycles. The Morgan fingerprint density at radius 2 is 1.77 bits per heavy atom. The standard InChI is InChI=1S/C21H20ClNO3/c1-5-25-21(24)15-6-7-18-17(11-15)19(10-14(4)23-18)26-16-8-12(2)20(22)13(3)9-16/h6-11H,5H2,1-4H3. The molecule has 26 heavy (non-hydrogen) atoms. The normalized spacial score (nSPS) is 10.8. The van der Waals surface area contributed by atoms with Gasteiger partial charge in [-0.25, -0.2) is 4.79 Å². The van der Waals surface area contributed by atoms with Crippen LogP contribution in [0.2, 0.25) is 5.02 Å². The zero-order chi connectivity index (χ0) is 18.8. The Labute approximate surface area is 157 Å². The molecule has 0 spiro atoms. The van der Waals surface area contributed by atoms with Crippen LogP contribution in [0.1, 0.15) is 34.1 Å². The number of aryl methyl sites for hydroxylation is 3. The maximum absolute atomic E-state index is 12.1. The first-order chi connectivity index (χ1) is 12.4. The van der Waals surface area contributed by atoms with Crippen molar-refractivity contribution >= 4 is 28.5 Å². The van der Waals surface area contributed by atoms with Gasteiger partial charge in [0.1, 0.15) is 11.5 Å². The minimum Gasteiger partial charge on any atom is -0.462 e. The molecule has 3 rings (SSSR count). The summed E-state index contributed by atoms with van der Waals surface area (Å²) in [5.41, 5.74) is 3.96. The molecule has 3 aromatic rings. The van der Waals surface area contributed by atoms with Crippen molar-refractivity contribution in [2.24, 2.45) is 0 Å². The summed E-state index contributed by atoms with van der Waals surface area (Å²) in [7, 11) is 0. The van der Waals surface area contributed by atoms with Crippen LogP contribution < -0.4 is 4.74 Å². The number of ether oxygens (including phenoxy) is 2. The molecule has 0 atom stereocenters. The first-order valence-corrected chi connectivity index (χ1v) is 8.80. The Morgan fingerprint density at radius 3 is 2.42 bits per heavy atom. The molecular weight excluding hydrogens is 350 g/mol. The quantitative estimate of drug-likeness (QED) is 0.547.